The molecule has 5 rings (SSSR count). The van der Waals surface area contributed by atoms with E-state index < -0.39 is 11.7 Å². The topological polar surface area (TPSA) is 47.2 Å². The van der Waals surface area contributed by atoms with Gasteiger partial charge in [0.15, 0.2) is 0 Å². The van der Waals surface area contributed by atoms with Crippen LogP contribution in [0.5, 0.6) is 0 Å². The van der Waals surface area contributed by atoms with Gasteiger partial charge in [-0.25, -0.2) is 4.79 Å². The second kappa shape index (κ2) is 8.20. The van der Waals surface area contributed by atoms with Crippen LogP contribution in [-0.4, -0.2) is 22.1 Å². The van der Waals surface area contributed by atoms with Crippen molar-refractivity contribution in [1.29, 1.82) is 0 Å². The summed E-state index contributed by atoms with van der Waals surface area (Å²) in [5, 5.41) is 0. The SMILES string of the molecule is CN(C(=O)Cn1c(=O)n2c3c(cc(-c4ccc(C(F)(F)F)cc4)cc31)CCC2)c1ccccc1. The van der Waals surface area contributed by atoms with E-state index in [1.165, 1.54) is 21.6 Å². The number of rotatable bonds is 4. The van der Waals surface area contributed by atoms with Gasteiger partial charge in [0, 0.05) is 19.3 Å². The molecular weight excluding hydrogens is 443 g/mol. The highest BCUT2D eigenvalue weighted by Crippen LogP contribution is 2.34. The van der Waals surface area contributed by atoms with Crippen molar-refractivity contribution in [2.24, 2.45) is 0 Å². The summed E-state index contributed by atoms with van der Waals surface area (Å²) in [5.74, 6) is -0.243. The molecule has 0 aliphatic carbocycles. The number of aryl methyl sites for hydroxylation is 2. The average molecular weight is 465 g/mol. The third kappa shape index (κ3) is 3.79. The number of carbonyl (C=O) groups excluding carboxylic acids is 1. The van der Waals surface area contributed by atoms with Gasteiger partial charge in [-0.05, 0) is 65.9 Å². The Morgan fingerprint density at radius 3 is 2.38 bits per heavy atom. The number of likely N-dealkylation sites (N-methyl/N-ethyl adjacent to an activating group) is 1. The molecule has 1 aromatic heterocycles. The van der Waals surface area contributed by atoms with Crippen molar-refractivity contribution >= 4 is 22.6 Å². The van der Waals surface area contributed by atoms with E-state index in [9.17, 15) is 22.8 Å². The molecule has 0 saturated heterocycles. The van der Waals surface area contributed by atoms with E-state index in [-0.39, 0.29) is 18.1 Å². The van der Waals surface area contributed by atoms with Gasteiger partial charge in [0.05, 0.1) is 16.6 Å². The van der Waals surface area contributed by atoms with Crippen LogP contribution in [0.25, 0.3) is 22.2 Å². The van der Waals surface area contributed by atoms with Gasteiger partial charge in [-0.1, -0.05) is 30.3 Å². The molecule has 0 spiro atoms. The molecule has 0 fully saturated rings. The van der Waals surface area contributed by atoms with Crippen molar-refractivity contribution in [3.05, 3.63) is 88.3 Å². The van der Waals surface area contributed by atoms with Crippen LogP contribution in [0.1, 0.15) is 17.5 Å². The molecule has 0 radical (unpaired) electrons. The average Bonchev–Trinajstić information content (AvgIpc) is 3.11. The number of anilines is 1. The monoisotopic (exact) mass is 465 g/mol. The molecular formula is C26H22F3N3O2. The molecule has 174 valence electrons. The quantitative estimate of drug-likeness (QED) is 0.421. The fourth-order valence-corrected chi connectivity index (χ4v) is 4.57. The van der Waals surface area contributed by atoms with Gasteiger partial charge in [0.2, 0.25) is 5.91 Å². The molecule has 5 nitrogen and oxygen atoms in total. The molecule has 0 saturated carbocycles. The molecule has 1 aliphatic rings. The normalized spacial score (nSPS) is 13.3. The van der Waals surface area contributed by atoms with E-state index >= 15 is 0 Å². The highest BCUT2D eigenvalue weighted by atomic mass is 19.4. The Morgan fingerprint density at radius 1 is 1.00 bits per heavy atom. The first kappa shape index (κ1) is 22.0. The zero-order chi connectivity index (χ0) is 24.0. The summed E-state index contributed by atoms with van der Waals surface area (Å²) in [6.07, 6.45) is -2.87. The molecule has 0 unspecified atom stereocenters. The summed E-state index contributed by atoms with van der Waals surface area (Å²) in [4.78, 5) is 27.8. The zero-order valence-corrected chi connectivity index (χ0v) is 18.5. The van der Waals surface area contributed by atoms with Crippen LogP contribution < -0.4 is 10.6 Å². The third-order valence-electron chi connectivity index (χ3n) is 6.38. The number of nitrogens with zero attached hydrogens (tertiary/aromatic N) is 3. The van der Waals surface area contributed by atoms with Gasteiger partial charge in [-0.2, -0.15) is 13.2 Å². The highest BCUT2D eigenvalue weighted by molar-refractivity contribution is 5.94. The lowest BCUT2D eigenvalue weighted by Crippen LogP contribution is -2.34. The van der Waals surface area contributed by atoms with Gasteiger partial charge < -0.3 is 4.90 Å². The summed E-state index contributed by atoms with van der Waals surface area (Å²) in [6.45, 7) is 0.432. The molecule has 34 heavy (non-hydrogen) atoms. The van der Waals surface area contributed by atoms with Crippen molar-refractivity contribution in [2.45, 2.75) is 32.1 Å². The summed E-state index contributed by atoms with van der Waals surface area (Å²) >= 11 is 0. The molecule has 2 heterocycles. The number of hydrogen-bond acceptors (Lipinski definition) is 2. The van der Waals surface area contributed by atoms with E-state index in [1.54, 1.807) is 17.7 Å². The van der Waals surface area contributed by atoms with E-state index in [0.717, 1.165) is 41.7 Å². The fraction of sp³-hybridized carbons (Fsp3) is 0.231. The lowest BCUT2D eigenvalue weighted by Gasteiger charge is -2.18. The summed E-state index contributed by atoms with van der Waals surface area (Å²) in [7, 11) is 1.67. The van der Waals surface area contributed by atoms with E-state index in [1.807, 2.05) is 36.4 Å². The molecule has 1 aliphatic heterocycles. The maximum Gasteiger partial charge on any atom is 0.416 e. The van der Waals surface area contributed by atoms with E-state index in [4.69, 9.17) is 0 Å². The Morgan fingerprint density at radius 2 is 1.71 bits per heavy atom. The lowest BCUT2D eigenvalue weighted by atomic mass is 9.97. The molecule has 1 amide bonds. The van der Waals surface area contributed by atoms with Gasteiger partial charge in [-0.3, -0.25) is 13.9 Å². The van der Waals surface area contributed by atoms with Crippen LogP contribution in [0, 0.1) is 0 Å². The Labute approximate surface area is 193 Å². The first-order chi connectivity index (χ1) is 16.2. The van der Waals surface area contributed by atoms with E-state index in [2.05, 4.69) is 0 Å². The van der Waals surface area contributed by atoms with Gasteiger partial charge in [-0.15, -0.1) is 0 Å². The predicted molar refractivity (Wildman–Crippen MR) is 125 cm³/mol. The van der Waals surface area contributed by atoms with Crippen molar-refractivity contribution in [1.82, 2.24) is 9.13 Å². The number of para-hydroxylation sites is 1. The molecule has 0 atom stereocenters. The Kier molecular flexibility index (Phi) is 5.31. The van der Waals surface area contributed by atoms with Crippen LogP contribution in [0.15, 0.2) is 71.5 Å². The van der Waals surface area contributed by atoms with Crippen molar-refractivity contribution < 1.29 is 18.0 Å². The molecule has 0 bridgehead atoms. The summed E-state index contributed by atoms with van der Waals surface area (Å²) in [5.41, 5.74) is 3.46. The van der Waals surface area contributed by atoms with Crippen LogP contribution >= 0.6 is 0 Å². The van der Waals surface area contributed by atoms with E-state index in [0.29, 0.717) is 23.2 Å². The highest BCUT2D eigenvalue weighted by Gasteiger charge is 2.30. The standard InChI is InChI=1S/C26H22F3N3O2/c1-30(21-7-3-2-4-8-21)23(33)16-32-22-15-19(17-9-11-20(12-10-17)26(27,28)29)14-18-6-5-13-31(24(18)22)25(32)34/h2-4,7-12,14-15H,5-6,13,16H2,1H3. The van der Waals surface area contributed by atoms with Crippen LogP contribution in [0.3, 0.4) is 0 Å². The second-order valence-electron chi connectivity index (χ2n) is 8.49. The second-order valence-corrected chi connectivity index (χ2v) is 8.49. The smallest absolute Gasteiger partial charge is 0.314 e. The Balaban J connectivity index is 1.58. The molecule has 3 aromatic carbocycles. The molecule has 8 heteroatoms. The Bertz CT molecular complexity index is 1430. The molecule has 4 aromatic rings. The molecule has 0 N–H and O–H groups in total. The van der Waals surface area contributed by atoms with Crippen molar-refractivity contribution in [3.63, 3.8) is 0 Å². The van der Waals surface area contributed by atoms with Gasteiger partial charge >= 0.3 is 11.9 Å². The zero-order valence-electron chi connectivity index (χ0n) is 18.5. The lowest BCUT2D eigenvalue weighted by molar-refractivity contribution is -0.137. The van der Waals surface area contributed by atoms with Crippen LogP contribution in [-0.2, 0) is 30.5 Å². The van der Waals surface area contributed by atoms with Crippen LogP contribution in [0.2, 0.25) is 0 Å². The number of halogens is 3. The van der Waals surface area contributed by atoms with Gasteiger partial charge in [0.25, 0.3) is 0 Å². The van der Waals surface area contributed by atoms with Crippen LogP contribution in [0.4, 0.5) is 18.9 Å². The fourth-order valence-electron chi connectivity index (χ4n) is 4.57. The predicted octanol–water partition coefficient (Wildman–Crippen LogP) is 5.10. The maximum atomic E-state index is 13.2. The van der Waals surface area contributed by atoms with Crippen molar-refractivity contribution in [3.8, 4) is 11.1 Å². The van der Waals surface area contributed by atoms with Gasteiger partial charge in [0.1, 0.15) is 6.54 Å². The minimum atomic E-state index is -4.41. The minimum absolute atomic E-state index is 0.135. The number of carbonyl (C=O) groups is 1. The third-order valence-corrected chi connectivity index (χ3v) is 6.38. The number of amides is 1. The number of benzene rings is 3. The largest absolute Gasteiger partial charge is 0.416 e. The van der Waals surface area contributed by atoms with Crippen molar-refractivity contribution in [2.75, 3.05) is 11.9 Å². The minimum Gasteiger partial charge on any atom is -0.314 e. The first-order valence-corrected chi connectivity index (χ1v) is 11.0. The maximum absolute atomic E-state index is 13.2. The summed E-state index contributed by atoms with van der Waals surface area (Å²) in [6, 6.07) is 17.9. The number of imidazole rings is 1. The number of hydrogen-bond donors (Lipinski definition) is 0. The number of alkyl halides is 3. The summed E-state index contributed by atoms with van der Waals surface area (Å²) < 4.78 is 42.1. The Hall–Kier alpha value is -3.81. The first-order valence-electron chi connectivity index (χ1n) is 11.0. The number of aromatic nitrogens is 2.